The first-order valence-electron chi connectivity index (χ1n) is 9.06. The number of ether oxygens (including phenoxy) is 2. The molecule has 1 atom stereocenters. The Balaban J connectivity index is 1.75. The summed E-state index contributed by atoms with van der Waals surface area (Å²) in [6.07, 6.45) is 1.21. The normalized spacial score (nSPS) is 16.0. The van der Waals surface area contributed by atoms with Gasteiger partial charge >= 0.3 is 0 Å². The molecule has 1 unspecified atom stereocenters. The Morgan fingerprint density at radius 3 is 2.13 bits per heavy atom. The van der Waals surface area contributed by atoms with Crippen LogP contribution in [0.15, 0.2) is 24.3 Å². The molecular weight excluding hydrogens is 416 g/mol. The maximum Gasteiger partial charge on any atom is 0.260 e. The molecule has 0 aliphatic carbocycles. The fraction of sp³-hybridized carbons (Fsp3) is 0.350. The van der Waals surface area contributed by atoms with Gasteiger partial charge in [-0.05, 0) is 30.5 Å². The Labute approximate surface area is 168 Å². The van der Waals surface area contributed by atoms with E-state index in [0.29, 0.717) is 18.6 Å². The number of halogens is 6. The van der Waals surface area contributed by atoms with Crippen LogP contribution in [0.25, 0.3) is 0 Å². The molecule has 1 amide bonds. The van der Waals surface area contributed by atoms with Crippen LogP contribution >= 0.6 is 0 Å². The van der Waals surface area contributed by atoms with E-state index in [1.807, 2.05) is 0 Å². The lowest BCUT2D eigenvalue weighted by atomic mass is 10.1. The minimum Gasteiger partial charge on any atom is -0.477 e. The summed E-state index contributed by atoms with van der Waals surface area (Å²) in [7, 11) is 0. The van der Waals surface area contributed by atoms with E-state index in [1.54, 1.807) is 0 Å². The molecular formula is C20H17F6NO3. The highest BCUT2D eigenvalue weighted by Gasteiger charge is 2.29. The molecule has 1 aliphatic rings. The first-order valence-corrected chi connectivity index (χ1v) is 9.06. The number of hydrogen-bond acceptors (Lipinski definition) is 3. The second-order valence-corrected chi connectivity index (χ2v) is 6.72. The van der Waals surface area contributed by atoms with Crippen LogP contribution in [0, 0.1) is 34.9 Å². The first kappa shape index (κ1) is 21.9. The van der Waals surface area contributed by atoms with Crippen LogP contribution in [0.5, 0.6) is 5.75 Å². The molecule has 0 N–H and O–H groups in total. The fourth-order valence-electron chi connectivity index (χ4n) is 3.04. The lowest BCUT2D eigenvalue weighted by Gasteiger charge is -2.26. The SMILES string of the molecule is O=C(COc1c(F)c(F)c(F)c(F)c1F)N(Cc1ccc(F)cc1)CC1CCCO1. The summed E-state index contributed by atoms with van der Waals surface area (Å²) in [5, 5.41) is 0. The van der Waals surface area contributed by atoms with E-state index < -0.39 is 53.2 Å². The molecule has 4 nitrogen and oxygen atoms in total. The second-order valence-electron chi connectivity index (χ2n) is 6.72. The van der Waals surface area contributed by atoms with Gasteiger partial charge in [0.05, 0.1) is 6.10 Å². The zero-order chi connectivity index (χ0) is 21.8. The van der Waals surface area contributed by atoms with E-state index in [-0.39, 0.29) is 19.2 Å². The molecule has 0 spiro atoms. The van der Waals surface area contributed by atoms with Crippen LogP contribution in [0.4, 0.5) is 26.3 Å². The Morgan fingerprint density at radius 1 is 0.967 bits per heavy atom. The van der Waals surface area contributed by atoms with Crippen LogP contribution in [0.1, 0.15) is 18.4 Å². The van der Waals surface area contributed by atoms with Crippen molar-refractivity contribution in [1.82, 2.24) is 4.90 Å². The summed E-state index contributed by atoms with van der Waals surface area (Å²) in [6.45, 7) is -0.313. The molecule has 1 fully saturated rings. The van der Waals surface area contributed by atoms with Crippen molar-refractivity contribution in [2.75, 3.05) is 19.8 Å². The van der Waals surface area contributed by atoms with E-state index in [2.05, 4.69) is 4.74 Å². The van der Waals surface area contributed by atoms with E-state index >= 15 is 0 Å². The van der Waals surface area contributed by atoms with Gasteiger partial charge in [0.2, 0.25) is 29.1 Å². The number of nitrogens with zero attached hydrogens (tertiary/aromatic N) is 1. The first-order chi connectivity index (χ1) is 14.3. The molecule has 1 saturated heterocycles. The van der Waals surface area contributed by atoms with Crippen LogP contribution < -0.4 is 4.74 Å². The molecule has 162 valence electrons. The lowest BCUT2D eigenvalue weighted by molar-refractivity contribution is -0.135. The number of rotatable bonds is 7. The van der Waals surface area contributed by atoms with Gasteiger partial charge in [-0.1, -0.05) is 12.1 Å². The predicted molar refractivity (Wildman–Crippen MR) is 92.5 cm³/mol. The summed E-state index contributed by atoms with van der Waals surface area (Å²) in [4.78, 5) is 13.9. The zero-order valence-corrected chi connectivity index (χ0v) is 15.6. The van der Waals surface area contributed by atoms with Gasteiger partial charge in [-0.2, -0.15) is 8.78 Å². The van der Waals surface area contributed by atoms with Crippen molar-refractivity contribution in [3.8, 4) is 5.75 Å². The van der Waals surface area contributed by atoms with Crippen molar-refractivity contribution < 1.29 is 40.6 Å². The van der Waals surface area contributed by atoms with Crippen molar-refractivity contribution in [2.24, 2.45) is 0 Å². The van der Waals surface area contributed by atoms with Gasteiger partial charge in [-0.25, -0.2) is 17.6 Å². The number of amides is 1. The lowest BCUT2D eigenvalue weighted by Crippen LogP contribution is -2.39. The van der Waals surface area contributed by atoms with Gasteiger partial charge in [-0.3, -0.25) is 4.79 Å². The number of carbonyl (C=O) groups excluding carboxylic acids is 1. The van der Waals surface area contributed by atoms with Crippen molar-refractivity contribution in [2.45, 2.75) is 25.5 Å². The molecule has 2 aromatic rings. The third-order valence-corrected chi connectivity index (χ3v) is 4.60. The standard InChI is InChI=1S/C20H17F6NO3/c21-12-5-3-11(4-6-12)8-27(9-13-2-1-7-29-13)14(28)10-30-20-18(25)16(23)15(22)17(24)19(20)26/h3-6,13H,1-2,7-10H2. The van der Waals surface area contributed by atoms with E-state index in [1.165, 1.54) is 29.2 Å². The Bertz CT molecular complexity index is 887. The van der Waals surface area contributed by atoms with E-state index in [4.69, 9.17) is 4.74 Å². The fourth-order valence-corrected chi connectivity index (χ4v) is 3.04. The second kappa shape index (κ2) is 9.38. The van der Waals surface area contributed by atoms with Crippen molar-refractivity contribution in [3.05, 3.63) is 64.7 Å². The van der Waals surface area contributed by atoms with Crippen LogP contribution in [0.2, 0.25) is 0 Å². The minimum atomic E-state index is -2.32. The van der Waals surface area contributed by atoms with Gasteiger partial charge in [0.25, 0.3) is 5.91 Å². The number of carbonyl (C=O) groups is 1. The molecule has 0 saturated carbocycles. The highest BCUT2D eigenvalue weighted by molar-refractivity contribution is 5.77. The highest BCUT2D eigenvalue weighted by atomic mass is 19.2. The van der Waals surface area contributed by atoms with Crippen molar-refractivity contribution >= 4 is 5.91 Å². The molecule has 10 heteroatoms. The summed E-state index contributed by atoms with van der Waals surface area (Å²) in [5.74, 6) is -13.7. The topological polar surface area (TPSA) is 38.8 Å². The maximum atomic E-state index is 13.7. The van der Waals surface area contributed by atoms with Gasteiger partial charge in [0, 0.05) is 19.7 Å². The van der Waals surface area contributed by atoms with Crippen molar-refractivity contribution in [1.29, 1.82) is 0 Å². The monoisotopic (exact) mass is 433 g/mol. The Kier molecular flexibility index (Phi) is 6.86. The van der Waals surface area contributed by atoms with Gasteiger partial charge in [0.1, 0.15) is 5.82 Å². The average molecular weight is 433 g/mol. The quantitative estimate of drug-likeness (QED) is 0.375. The van der Waals surface area contributed by atoms with Gasteiger partial charge < -0.3 is 14.4 Å². The highest BCUT2D eigenvalue weighted by Crippen LogP contribution is 2.29. The molecule has 0 bridgehead atoms. The molecule has 3 rings (SSSR count). The van der Waals surface area contributed by atoms with E-state index in [9.17, 15) is 31.1 Å². The molecule has 0 aromatic heterocycles. The predicted octanol–water partition coefficient (Wildman–Crippen LogP) is 4.11. The number of hydrogen-bond donors (Lipinski definition) is 0. The summed E-state index contributed by atoms with van der Waals surface area (Å²) >= 11 is 0. The average Bonchev–Trinajstić information content (AvgIpc) is 3.25. The molecule has 0 radical (unpaired) electrons. The molecule has 1 aliphatic heterocycles. The van der Waals surface area contributed by atoms with Crippen LogP contribution in [-0.4, -0.2) is 36.7 Å². The maximum absolute atomic E-state index is 13.7. The minimum absolute atomic E-state index is 0.0133. The molecule has 30 heavy (non-hydrogen) atoms. The van der Waals surface area contributed by atoms with Crippen molar-refractivity contribution in [3.63, 3.8) is 0 Å². The van der Waals surface area contributed by atoms with Gasteiger partial charge in [0.15, 0.2) is 12.4 Å². The zero-order valence-electron chi connectivity index (χ0n) is 15.6. The summed E-state index contributed by atoms with van der Waals surface area (Å²) in [5.41, 5.74) is 0.568. The Morgan fingerprint density at radius 2 is 1.57 bits per heavy atom. The van der Waals surface area contributed by atoms with Gasteiger partial charge in [-0.15, -0.1) is 0 Å². The van der Waals surface area contributed by atoms with Crippen LogP contribution in [-0.2, 0) is 16.1 Å². The number of benzene rings is 2. The summed E-state index contributed by atoms with van der Waals surface area (Å²) < 4.78 is 90.4. The Hall–Kier alpha value is -2.75. The van der Waals surface area contributed by atoms with E-state index in [0.717, 1.165) is 6.42 Å². The third-order valence-electron chi connectivity index (χ3n) is 4.60. The molecule has 2 aromatic carbocycles. The largest absolute Gasteiger partial charge is 0.477 e. The smallest absolute Gasteiger partial charge is 0.260 e. The molecule has 1 heterocycles. The van der Waals surface area contributed by atoms with Crippen LogP contribution in [0.3, 0.4) is 0 Å². The third kappa shape index (κ3) is 4.86. The summed E-state index contributed by atoms with van der Waals surface area (Å²) in [6, 6.07) is 5.32.